The Hall–Kier alpha value is -2.15. The van der Waals surface area contributed by atoms with Crippen LogP contribution in [0.4, 0.5) is 14.5 Å². The van der Waals surface area contributed by atoms with Crippen molar-refractivity contribution in [1.82, 2.24) is 0 Å². The van der Waals surface area contributed by atoms with E-state index in [0.29, 0.717) is 11.3 Å². The highest BCUT2D eigenvalue weighted by atomic mass is 32.2. The highest BCUT2D eigenvalue weighted by Gasteiger charge is 2.31. The second kappa shape index (κ2) is 5.24. The van der Waals surface area contributed by atoms with Crippen LogP contribution in [0.3, 0.4) is 0 Å². The van der Waals surface area contributed by atoms with Gasteiger partial charge in [0.2, 0.25) is 0 Å². The number of rotatable bonds is 2. The van der Waals surface area contributed by atoms with E-state index in [-0.39, 0.29) is 23.7 Å². The number of benzene rings is 2. The van der Waals surface area contributed by atoms with E-state index in [9.17, 15) is 17.2 Å². The molecule has 0 saturated heterocycles. The molecule has 7 heteroatoms. The molecule has 1 aliphatic heterocycles. The van der Waals surface area contributed by atoms with Gasteiger partial charge in [-0.15, -0.1) is 0 Å². The minimum atomic E-state index is -3.92. The topological polar surface area (TPSA) is 46.6 Å². The molecule has 4 nitrogen and oxygen atoms in total. The van der Waals surface area contributed by atoms with E-state index in [0.717, 1.165) is 22.5 Å². The van der Waals surface area contributed by atoms with Crippen LogP contribution < -0.4 is 9.04 Å². The summed E-state index contributed by atoms with van der Waals surface area (Å²) in [5.41, 5.74) is 0.444. The fraction of sp³-hybridized carbons (Fsp3) is 0.200. The SMILES string of the molecule is Cc1cc(F)ccc1S(=O)(=O)N1CCOc2ccc(F)cc21. The molecular formula is C15H13F2NO3S. The standard InChI is InChI=1S/C15H13F2NO3S/c1-10-8-11(16)3-5-15(10)22(19,20)18-6-7-21-14-4-2-12(17)9-13(14)18/h2-5,8-9H,6-7H2,1H3. The molecular weight excluding hydrogens is 312 g/mol. The first-order valence-corrected chi connectivity index (χ1v) is 8.05. The number of fused-ring (bicyclic) bond motifs is 1. The molecule has 0 amide bonds. The summed E-state index contributed by atoms with van der Waals surface area (Å²) in [6.45, 7) is 1.75. The second-order valence-electron chi connectivity index (χ2n) is 4.95. The Labute approximate surface area is 127 Å². The van der Waals surface area contributed by atoms with Crippen molar-refractivity contribution in [3.05, 3.63) is 53.6 Å². The molecule has 0 unspecified atom stereocenters. The molecule has 0 radical (unpaired) electrons. The maximum Gasteiger partial charge on any atom is 0.264 e. The minimum Gasteiger partial charge on any atom is -0.489 e. The van der Waals surface area contributed by atoms with Crippen molar-refractivity contribution in [3.8, 4) is 5.75 Å². The molecule has 2 aromatic rings. The molecule has 0 aromatic heterocycles. The largest absolute Gasteiger partial charge is 0.489 e. The zero-order chi connectivity index (χ0) is 15.9. The molecule has 1 aliphatic rings. The number of halogens is 2. The summed E-state index contributed by atoms with van der Waals surface area (Å²) >= 11 is 0. The Morgan fingerprint density at radius 3 is 2.50 bits per heavy atom. The van der Waals surface area contributed by atoms with E-state index in [1.54, 1.807) is 0 Å². The van der Waals surface area contributed by atoms with Crippen LogP contribution in [0.5, 0.6) is 5.75 Å². The van der Waals surface area contributed by atoms with Gasteiger partial charge in [0.1, 0.15) is 24.0 Å². The van der Waals surface area contributed by atoms with Crippen LogP contribution in [0.1, 0.15) is 5.56 Å². The van der Waals surface area contributed by atoms with Crippen LogP contribution in [-0.2, 0) is 10.0 Å². The van der Waals surface area contributed by atoms with Crippen LogP contribution in [0, 0.1) is 18.6 Å². The molecule has 0 N–H and O–H groups in total. The number of ether oxygens (including phenoxy) is 1. The van der Waals surface area contributed by atoms with Gasteiger partial charge in [0.15, 0.2) is 0 Å². The van der Waals surface area contributed by atoms with Gasteiger partial charge in [-0.3, -0.25) is 4.31 Å². The van der Waals surface area contributed by atoms with Gasteiger partial charge in [0.25, 0.3) is 10.0 Å². The minimum absolute atomic E-state index is 0.00832. The van der Waals surface area contributed by atoms with Gasteiger partial charge in [-0.05, 0) is 42.8 Å². The molecule has 0 saturated carbocycles. The Morgan fingerprint density at radius 1 is 1.09 bits per heavy atom. The third-order valence-corrected chi connectivity index (χ3v) is 5.42. The summed E-state index contributed by atoms with van der Waals surface area (Å²) in [6.07, 6.45) is 0. The van der Waals surface area contributed by atoms with E-state index in [1.165, 1.54) is 25.1 Å². The summed E-state index contributed by atoms with van der Waals surface area (Å²) in [5, 5.41) is 0. The number of hydrogen-bond acceptors (Lipinski definition) is 3. The van der Waals surface area contributed by atoms with Crippen molar-refractivity contribution in [3.63, 3.8) is 0 Å². The second-order valence-corrected chi connectivity index (χ2v) is 6.78. The van der Waals surface area contributed by atoms with Crippen molar-refractivity contribution in [2.75, 3.05) is 17.5 Å². The Morgan fingerprint density at radius 2 is 1.77 bits per heavy atom. The quantitative estimate of drug-likeness (QED) is 0.853. The van der Waals surface area contributed by atoms with Crippen molar-refractivity contribution in [1.29, 1.82) is 0 Å². The first-order valence-electron chi connectivity index (χ1n) is 6.61. The molecule has 0 aliphatic carbocycles. The molecule has 0 fully saturated rings. The molecule has 3 rings (SSSR count). The average molecular weight is 325 g/mol. The summed E-state index contributed by atoms with van der Waals surface area (Å²) < 4.78 is 58.7. The van der Waals surface area contributed by atoms with E-state index in [1.807, 2.05) is 0 Å². The van der Waals surface area contributed by atoms with Crippen LogP contribution in [0.25, 0.3) is 0 Å². The molecule has 116 valence electrons. The molecule has 0 spiro atoms. The zero-order valence-corrected chi connectivity index (χ0v) is 12.5. The zero-order valence-electron chi connectivity index (χ0n) is 11.7. The van der Waals surface area contributed by atoms with Crippen LogP contribution >= 0.6 is 0 Å². The molecule has 2 aromatic carbocycles. The summed E-state index contributed by atoms with van der Waals surface area (Å²) in [7, 11) is -3.92. The smallest absolute Gasteiger partial charge is 0.264 e. The highest BCUT2D eigenvalue weighted by molar-refractivity contribution is 7.92. The van der Waals surface area contributed by atoms with Gasteiger partial charge in [0.05, 0.1) is 17.1 Å². The normalized spacial score (nSPS) is 14.4. The fourth-order valence-electron chi connectivity index (χ4n) is 2.44. The molecule has 0 bridgehead atoms. The van der Waals surface area contributed by atoms with E-state index >= 15 is 0 Å². The predicted octanol–water partition coefficient (Wildman–Crippen LogP) is 2.86. The number of sulfonamides is 1. The van der Waals surface area contributed by atoms with Gasteiger partial charge in [0, 0.05) is 6.07 Å². The van der Waals surface area contributed by atoms with Crippen LogP contribution in [-0.4, -0.2) is 21.6 Å². The number of aryl methyl sites for hydroxylation is 1. The van der Waals surface area contributed by atoms with Gasteiger partial charge < -0.3 is 4.74 Å². The number of hydrogen-bond donors (Lipinski definition) is 0. The highest BCUT2D eigenvalue weighted by Crippen LogP contribution is 2.36. The third kappa shape index (κ3) is 2.41. The number of nitrogens with zero attached hydrogens (tertiary/aromatic N) is 1. The van der Waals surface area contributed by atoms with E-state index < -0.39 is 21.7 Å². The van der Waals surface area contributed by atoms with E-state index in [4.69, 9.17) is 4.74 Å². The molecule has 0 atom stereocenters. The van der Waals surface area contributed by atoms with Crippen molar-refractivity contribution in [2.24, 2.45) is 0 Å². The predicted molar refractivity (Wildman–Crippen MR) is 77.6 cm³/mol. The lowest BCUT2D eigenvalue weighted by Crippen LogP contribution is -2.38. The Bertz CT molecular complexity index is 837. The van der Waals surface area contributed by atoms with Gasteiger partial charge >= 0.3 is 0 Å². The maximum atomic E-state index is 13.5. The van der Waals surface area contributed by atoms with Crippen molar-refractivity contribution < 1.29 is 21.9 Å². The van der Waals surface area contributed by atoms with Gasteiger partial charge in [-0.25, -0.2) is 17.2 Å². The summed E-state index contributed by atoms with van der Waals surface area (Å²) in [6, 6.07) is 7.17. The lowest BCUT2D eigenvalue weighted by atomic mass is 10.2. The Balaban J connectivity index is 2.13. The van der Waals surface area contributed by atoms with Crippen LogP contribution in [0.2, 0.25) is 0 Å². The first-order chi connectivity index (χ1) is 10.4. The fourth-order valence-corrected chi connectivity index (χ4v) is 4.10. The summed E-state index contributed by atoms with van der Waals surface area (Å²) in [4.78, 5) is -0.00832. The van der Waals surface area contributed by atoms with Crippen molar-refractivity contribution in [2.45, 2.75) is 11.8 Å². The van der Waals surface area contributed by atoms with Gasteiger partial charge in [-0.1, -0.05) is 0 Å². The lowest BCUT2D eigenvalue weighted by molar-refractivity contribution is 0.315. The third-order valence-electron chi connectivity index (χ3n) is 3.45. The maximum absolute atomic E-state index is 13.5. The Kier molecular flexibility index (Phi) is 3.52. The summed E-state index contributed by atoms with van der Waals surface area (Å²) in [5.74, 6) is -0.763. The van der Waals surface area contributed by atoms with Gasteiger partial charge in [-0.2, -0.15) is 0 Å². The first kappa shape index (κ1) is 14.8. The number of anilines is 1. The molecule has 22 heavy (non-hydrogen) atoms. The van der Waals surface area contributed by atoms with Crippen LogP contribution in [0.15, 0.2) is 41.3 Å². The lowest BCUT2D eigenvalue weighted by Gasteiger charge is -2.30. The van der Waals surface area contributed by atoms with E-state index in [2.05, 4.69) is 0 Å². The van der Waals surface area contributed by atoms with Crippen molar-refractivity contribution >= 4 is 15.7 Å². The monoisotopic (exact) mass is 325 g/mol. The average Bonchev–Trinajstić information content (AvgIpc) is 2.46. The molecule has 1 heterocycles.